The summed E-state index contributed by atoms with van der Waals surface area (Å²) in [5, 5.41) is 11.0. The first kappa shape index (κ1) is 45.1. The number of piperidine rings is 1. The molecule has 1 aliphatic rings. The van der Waals surface area contributed by atoms with Crippen LogP contribution in [0.15, 0.2) is 12.1 Å². The van der Waals surface area contributed by atoms with E-state index in [1.54, 1.807) is 108 Å². The number of nitrogens with zero attached hydrogens (tertiary/aromatic N) is 5. The standard InChI is InChI=1S/C42H56FN5O10/c1-23-21-29(43)31(54-38(52)58-42(13,14)15)25(3)30(23)47-32-27(28(22-44)34(47)48(36(50)56-40(7,8)9)37(51)57-41(10,11)12)20-24(2)33(45-32)53-26-16-18-46(19-17-26)35(49)55-39(4,5)6/h20-21,26H,16-19H2,1-15H3. The number of hydrogen-bond donors (Lipinski definition) is 0. The van der Waals surface area contributed by atoms with Crippen molar-refractivity contribution in [3.05, 3.63) is 40.2 Å². The molecule has 2 aromatic heterocycles. The number of imide groups is 1. The maximum Gasteiger partial charge on any atom is 0.514 e. The Hall–Kier alpha value is -5.59. The van der Waals surface area contributed by atoms with Gasteiger partial charge in [-0.2, -0.15) is 15.1 Å². The molecular formula is C42H56FN5O10. The molecular weight excluding hydrogens is 753 g/mol. The lowest BCUT2D eigenvalue weighted by Gasteiger charge is -2.33. The Morgan fingerprint density at radius 2 is 1.31 bits per heavy atom. The first-order chi connectivity index (χ1) is 26.5. The molecule has 0 saturated carbocycles. The highest BCUT2D eigenvalue weighted by Gasteiger charge is 2.40. The lowest BCUT2D eigenvalue weighted by atomic mass is 10.1. The Morgan fingerprint density at radius 1 is 0.793 bits per heavy atom. The summed E-state index contributed by atoms with van der Waals surface area (Å²) < 4.78 is 51.3. The van der Waals surface area contributed by atoms with Crippen molar-refractivity contribution in [1.29, 1.82) is 5.26 Å². The number of likely N-dealkylation sites (tertiary alicyclic amines) is 1. The van der Waals surface area contributed by atoms with E-state index in [2.05, 4.69) is 6.07 Å². The van der Waals surface area contributed by atoms with Crippen LogP contribution in [0.4, 0.5) is 29.4 Å². The summed E-state index contributed by atoms with van der Waals surface area (Å²) in [5.41, 5.74) is -3.03. The average molecular weight is 810 g/mol. The molecule has 0 radical (unpaired) electrons. The minimum absolute atomic E-state index is 0.0384. The van der Waals surface area contributed by atoms with Crippen molar-refractivity contribution in [2.45, 2.75) is 145 Å². The number of benzene rings is 1. The Labute approximate surface area is 339 Å². The summed E-state index contributed by atoms with van der Waals surface area (Å²) in [6.45, 7) is 25.5. The third-order valence-electron chi connectivity index (χ3n) is 8.34. The van der Waals surface area contributed by atoms with Crippen LogP contribution in [0.3, 0.4) is 0 Å². The summed E-state index contributed by atoms with van der Waals surface area (Å²) in [7, 11) is 0. The molecule has 3 heterocycles. The fourth-order valence-corrected chi connectivity index (χ4v) is 6.16. The van der Waals surface area contributed by atoms with Gasteiger partial charge in [-0.3, -0.25) is 4.57 Å². The first-order valence-electron chi connectivity index (χ1n) is 19.1. The molecule has 0 bridgehead atoms. The number of anilines is 1. The van der Waals surface area contributed by atoms with E-state index in [0.717, 1.165) is 6.07 Å². The van der Waals surface area contributed by atoms with E-state index in [4.69, 9.17) is 33.4 Å². The third-order valence-corrected chi connectivity index (χ3v) is 8.34. The third kappa shape index (κ3) is 10.9. The lowest BCUT2D eigenvalue weighted by molar-refractivity contribution is 0.0120. The van der Waals surface area contributed by atoms with Crippen molar-refractivity contribution < 1.29 is 52.0 Å². The second-order valence-electron chi connectivity index (χ2n) is 18.3. The van der Waals surface area contributed by atoms with Crippen molar-refractivity contribution in [3.8, 4) is 23.4 Å². The number of fused-ring (bicyclic) bond motifs is 1. The van der Waals surface area contributed by atoms with Crippen LogP contribution < -0.4 is 14.4 Å². The Kier molecular flexibility index (Phi) is 12.7. The smallest absolute Gasteiger partial charge is 0.474 e. The van der Waals surface area contributed by atoms with E-state index in [0.29, 0.717) is 36.4 Å². The number of pyridine rings is 1. The fraction of sp³-hybridized carbons (Fsp3) is 0.571. The van der Waals surface area contributed by atoms with Crippen LogP contribution in [0.1, 0.15) is 118 Å². The van der Waals surface area contributed by atoms with E-state index in [1.807, 2.05) is 0 Å². The largest absolute Gasteiger partial charge is 0.514 e. The van der Waals surface area contributed by atoms with Gasteiger partial charge in [-0.15, -0.1) is 0 Å². The van der Waals surface area contributed by atoms with E-state index >= 15 is 4.39 Å². The monoisotopic (exact) mass is 809 g/mol. The summed E-state index contributed by atoms with van der Waals surface area (Å²) in [5.74, 6) is -1.55. The molecule has 0 aliphatic carbocycles. The molecule has 3 amide bonds. The molecule has 58 heavy (non-hydrogen) atoms. The predicted octanol–water partition coefficient (Wildman–Crippen LogP) is 9.73. The van der Waals surface area contributed by atoms with Crippen molar-refractivity contribution >= 4 is 41.3 Å². The van der Waals surface area contributed by atoms with Gasteiger partial charge in [0.25, 0.3) is 0 Å². The molecule has 0 atom stereocenters. The molecule has 1 aromatic carbocycles. The summed E-state index contributed by atoms with van der Waals surface area (Å²) in [6, 6.07) is 4.89. The molecule has 15 nitrogen and oxygen atoms in total. The molecule has 0 spiro atoms. The number of aromatic nitrogens is 2. The van der Waals surface area contributed by atoms with Crippen LogP contribution in [0.25, 0.3) is 16.7 Å². The number of hydrogen-bond acceptors (Lipinski definition) is 12. The number of ether oxygens (including phenoxy) is 6. The molecule has 0 N–H and O–H groups in total. The van der Waals surface area contributed by atoms with Crippen LogP contribution >= 0.6 is 0 Å². The maximum absolute atomic E-state index is 15.8. The number of carbonyl (C=O) groups excluding carboxylic acids is 4. The van der Waals surface area contributed by atoms with Gasteiger partial charge in [0.05, 0.1) is 5.69 Å². The van der Waals surface area contributed by atoms with Gasteiger partial charge >= 0.3 is 24.4 Å². The van der Waals surface area contributed by atoms with Gasteiger partial charge < -0.3 is 33.3 Å². The van der Waals surface area contributed by atoms with Crippen LogP contribution in [0.2, 0.25) is 0 Å². The number of halogens is 1. The van der Waals surface area contributed by atoms with Gasteiger partial charge in [-0.05, 0) is 122 Å². The van der Waals surface area contributed by atoms with Gasteiger partial charge in [-0.1, -0.05) is 0 Å². The van der Waals surface area contributed by atoms with E-state index in [1.165, 1.54) is 11.5 Å². The van der Waals surface area contributed by atoms with E-state index in [-0.39, 0.29) is 51.2 Å². The number of rotatable bonds is 5. The van der Waals surface area contributed by atoms with Gasteiger partial charge in [0.1, 0.15) is 40.1 Å². The van der Waals surface area contributed by atoms with Gasteiger partial charge in [-0.25, -0.2) is 23.6 Å². The predicted molar refractivity (Wildman–Crippen MR) is 213 cm³/mol. The average Bonchev–Trinajstić information content (AvgIpc) is 3.32. The van der Waals surface area contributed by atoms with Gasteiger partial charge in [0.2, 0.25) is 5.88 Å². The molecule has 1 aliphatic heterocycles. The number of nitriles is 1. The zero-order valence-corrected chi connectivity index (χ0v) is 36.3. The van der Waals surface area contributed by atoms with E-state index < -0.39 is 58.4 Å². The summed E-state index contributed by atoms with van der Waals surface area (Å²) >= 11 is 0. The highest BCUT2D eigenvalue weighted by molar-refractivity contribution is 6.13. The Morgan fingerprint density at radius 3 is 1.79 bits per heavy atom. The fourth-order valence-electron chi connectivity index (χ4n) is 6.16. The first-order valence-corrected chi connectivity index (χ1v) is 19.1. The maximum atomic E-state index is 15.8. The van der Waals surface area contributed by atoms with Crippen molar-refractivity contribution in [2.75, 3.05) is 18.0 Å². The van der Waals surface area contributed by atoms with Crippen molar-refractivity contribution in [1.82, 2.24) is 14.5 Å². The van der Waals surface area contributed by atoms with Crippen LogP contribution in [0, 0.1) is 37.9 Å². The minimum atomic E-state index is -1.18. The topological polar surface area (TPSA) is 172 Å². The summed E-state index contributed by atoms with van der Waals surface area (Å²) in [4.78, 5) is 61.1. The molecule has 16 heteroatoms. The SMILES string of the molecule is Cc1cc2c(C#N)c(N(C(=O)OC(C)(C)C)C(=O)OC(C)(C)C)n(-c3c(C)cc(F)c(OC(=O)OC(C)(C)C)c3C)c2nc1OC1CCN(C(=O)OC(C)(C)C)CC1. The normalized spacial score (nSPS) is 14.1. The molecule has 316 valence electrons. The molecule has 1 fully saturated rings. The van der Waals surface area contributed by atoms with Crippen LogP contribution in [0.5, 0.6) is 11.6 Å². The quantitative estimate of drug-likeness (QED) is 0.136. The van der Waals surface area contributed by atoms with Gasteiger partial charge in [0.15, 0.2) is 23.0 Å². The van der Waals surface area contributed by atoms with Gasteiger partial charge in [0, 0.05) is 42.4 Å². The van der Waals surface area contributed by atoms with Crippen LogP contribution in [-0.2, 0) is 18.9 Å². The van der Waals surface area contributed by atoms with Crippen LogP contribution in [-0.4, -0.2) is 80.5 Å². The number of carbonyl (C=O) groups is 4. The Bertz CT molecular complexity index is 2110. The molecule has 4 rings (SSSR count). The van der Waals surface area contributed by atoms with Crippen molar-refractivity contribution in [2.24, 2.45) is 0 Å². The summed E-state index contributed by atoms with van der Waals surface area (Å²) in [6.07, 6.45) is -3.39. The number of amides is 3. The molecule has 1 saturated heterocycles. The number of aryl methyl sites for hydroxylation is 2. The second-order valence-corrected chi connectivity index (χ2v) is 18.3. The Balaban J connectivity index is 2.02. The van der Waals surface area contributed by atoms with Crippen molar-refractivity contribution in [3.63, 3.8) is 0 Å². The highest BCUT2D eigenvalue weighted by atomic mass is 19.1. The van der Waals surface area contributed by atoms with E-state index in [9.17, 15) is 24.4 Å². The lowest BCUT2D eigenvalue weighted by Crippen LogP contribution is -2.45. The zero-order chi connectivity index (χ0) is 43.9. The second kappa shape index (κ2) is 16.3. The highest BCUT2D eigenvalue weighted by Crippen LogP contribution is 2.42. The minimum Gasteiger partial charge on any atom is -0.474 e. The zero-order valence-electron chi connectivity index (χ0n) is 36.3. The molecule has 3 aromatic rings. The molecule has 0 unspecified atom stereocenters.